The van der Waals surface area contributed by atoms with Gasteiger partial charge in [-0.1, -0.05) is 31.1 Å². The number of hydrogen-bond acceptors (Lipinski definition) is 4. The topological polar surface area (TPSA) is 48.0 Å². The molecule has 9 heteroatoms. The van der Waals surface area contributed by atoms with Gasteiger partial charge in [-0.2, -0.15) is 13.2 Å². The van der Waals surface area contributed by atoms with Crippen molar-refractivity contribution in [2.24, 2.45) is 5.41 Å². The molecule has 2 atom stereocenters. The van der Waals surface area contributed by atoms with Crippen molar-refractivity contribution in [3.8, 4) is 0 Å². The van der Waals surface area contributed by atoms with E-state index in [2.05, 4.69) is 13.8 Å². The molecular weight excluding hydrogens is 470 g/mol. The van der Waals surface area contributed by atoms with Crippen molar-refractivity contribution in [1.82, 2.24) is 4.90 Å². The van der Waals surface area contributed by atoms with E-state index < -0.39 is 48.3 Å². The Hall–Kier alpha value is -2.00. The second kappa shape index (κ2) is 8.79. The van der Waals surface area contributed by atoms with Gasteiger partial charge in [0.05, 0.1) is 22.8 Å². The number of rotatable bonds is 4. The molecule has 0 saturated carbocycles. The Labute approximate surface area is 212 Å². The van der Waals surface area contributed by atoms with E-state index in [-0.39, 0.29) is 5.41 Å². The van der Waals surface area contributed by atoms with E-state index in [1.54, 1.807) is 17.9 Å². The Morgan fingerprint density at radius 1 is 1.06 bits per heavy atom. The fraction of sp³-hybridized carbons (Fsp3) is 0.667. The van der Waals surface area contributed by atoms with Crippen molar-refractivity contribution in [3.63, 3.8) is 0 Å². The van der Waals surface area contributed by atoms with Gasteiger partial charge in [0.15, 0.2) is 0 Å². The zero-order valence-corrected chi connectivity index (χ0v) is 22.5. The van der Waals surface area contributed by atoms with Gasteiger partial charge in [0.1, 0.15) is 6.10 Å². The van der Waals surface area contributed by atoms with Gasteiger partial charge in [-0.25, -0.2) is 4.79 Å². The largest absolute Gasteiger partial charge is 0.490 e. The summed E-state index contributed by atoms with van der Waals surface area (Å²) in [5.41, 5.74) is 1.33. The third-order valence-electron chi connectivity index (χ3n) is 8.26. The number of alkyl halides is 3. The van der Waals surface area contributed by atoms with Gasteiger partial charge in [0.2, 0.25) is 0 Å². The van der Waals surface area contributed by atoms with Crippen molar-refractivity contribution in [3.05, 3.63) is 45.9 Å². The first-order valence-corrected chi connectivity index (χ1v) is 12.6. The van der Waals surface area contributed by atoms with Crippen LogP contribution in [0, 0.1) is 12.3 Å². The number of carbonyl (C=O) groups is 1. The normalized spacial score (nSPS) is 27.6. The third kappa shape index (κ3) is 5.06. The van der Waals surface area contributed by atoms with Crippen molar-refractivity contribution in [1.29, 1.82) is 0 Å². The summed E-state index contributed by atoms with van der Waals surface area (Å²) in [7, 11) is -0.489. The summed E-state index contributed by atoms with van der Waals surface area (Å²) in [6.45, 7) is 16.2. The van der Waals surface area contributed by atoms with Gasteiger partial charge < -0.3 is 14.0 Å². The van der Waals surface area contributed by atoms with Crippen LogP contribution in [0.5, 0.6) is 0 Å². The van der Waals surface area contributed by atoms with Crippen LogP contribution >= 0.6 is 0 Å². The summed E-state index contributed by atoms with van der Waals surface area (Å²) < 4.78 is 58.6. The average molecular weight is 507 g/mol. The fourth-order valence-electron chi connectivity index (χ4n) is 5.36. The second-order valence-corrected chi connectivity index (χ2v) is 12.4. The number of nitrogens with zero attached hydrogens (tertiary/aromatic N) is 1. The zero-order valence-electron chi connectivity index (χ0n) is 22.5. The summed E-state index contributed by atoms with van der Waals surface area (Å²) in [4.78, 5) is 14.6. The van der Waals surface area contributed by atoms with E-state index in [1.807, 2.05) is 34.6 Å². The first-order valence-electron chi connectivity index (χ1n) is 12.6. The van der Waals surface area contributed by atoms with Gasteiger partial charge in [-0.15, -0.1) is 0 Å². The lowest BCUT2D eigenvalue weighted by atomic mass is 9.63. The molecule has 0 bridgehead atoms. The van der Waals surface area contributed by atoms with E-state index in [9.17, 15) is 18.0 Å². The summed E-state index contributed by atoms with van der Waals surface area (Å²) in [5.74, 6) is 0. The van der Waals surface area contributed by atoms with Crippen LogP contribution in [-0.4, -0.2) is 41.9 Å². The number of benzene rings is 1. The predicted molar refractivity (Wildman–Crippen MR) is 132 cm³/mol. The smallest absolute Gasteiger partial charge is 0.439 e. The Bertz CT molecular complexity index is 1060. The van der Waals surface area contributed by atoms with E-state index >= 15 is 0 Å². The standard InChI is InChI=1S/C27H37BF3NO4/c1-16-11-18(13-20(12-16)27(29,30)31)22-17(2)32(23(33)34-22)15-19-14-24(3,4)10-9-21(19)28-35-25(5,6)26(7,8)36-28/h11-13,17,22H,9-10,14-15H2,1-8H3/t17-,22-/m0/s1. The van der Waals surface area contributed by atoms with Crippen molar-refractivity contribution < 1.29 is 32.0 Å². The summed E-state index contributed by atoms with van der Waals surface area (Å²) >= 11 is 0. The molecule has 198 valence electrons. The number of halogens is 3. The first-order chi connectivity index (χ1) is 16.4. The molecule has 1 amide bonds. The Kier molecular flexibility index (Phi) is 6.61. The Morgan fingerprint density at radius 2 is 1.67 bits per heavy atom. The highest BCUT2D eigenvalue weighted by Crippen LogP contribution is 2.46. The average Bonchev–Trinajstić information content (AvgIpc) is 3.11. The van der Waals surface area contributed by atoms with Gasteiger partial charge in [0.25, 0.3) is 0 Å². The molecule has 2 heterocycles. The molecule has 2 fully saturated rings. The highest BCUT2D eigenvalue weighted by Gasteiger charge is 2.53. The van der Waals surface area contributed by atoms with Crippen LogP contribution in [-0.2, 0) is 20.2 Å². The van der Waals surface area contributed by atoms with Crippen molar-refractivity contribution in [2.45, 2.75) is 104 Å². The monoisotopic (exact) mass is 507 g/mol. The molecule has 5 nitrogen and oxygen atoms in total. The third-order valence-corrected chi connectivity index (χ3v) is 8.26. The predicted octanol–water partition coefficient (Wildman–Crippen LogP) is 7.03. The molecule has 1 aromatic carbocycles. The van der Waals surface area contributed by atoms with Crippen LogP contribution in [0.4, 0.5) is 18.0 Å². The van der Waals surface area contributed by atoms with Crippen LogP contribution in [0.25, 0.3) is 0 Å². The number of ether oxygens (including phenoxy) is 1. The van der Waals surface area contributed by atoms with Crippen LogP contribution in [0.15, 0.2) is 29.2 Å². The second-order valence-electron chi connectivity index (χ2n) is 12.4. The number of cyclic esters (lactones) is 1. The Balaban J connectivity index is 1.63. The van der Waals surface area contributed by atoms with Gasteiger partial charge in [-0.3, -0.25) is 4.90 Å². The number of hydrogen-bond donors (Lipinski definition) is 0. The van der Waals surface area contributed by atoms with Gasteiger partial charge in [0, 0.05) is 6.54 Å². The van der Waals surface area contributed by atoms with Gasteiger partial charge in [-0.05, 0) is 89.4 Å². The van der Waals surface area contributed by atoms with Crippen LogP contribution in [0.1, 0.15) is 90.5 Å². The SMILES string of the molecule is Cc1cc([C@H]2OC(=O)N(CC3=C(B4OC(C)(C)C(C)(C)O4)CCC(C)(C)C3)[C@H]2C)cc(C(F)(F)F)c1. The molecule has 2 aliphatic heterocycles. The van der Waals surface area contributed by atoms with Crippen molar-refractivity contribution in [2.75, 3.05) is 6.54 Å². The summed E-state index contributed by atoms with van der Waals surface area (Å²) in [6, 6.07) is 3.42. The van der Waals surface area contributed by atoms with E-state index in [0.717, 1.165) is 42.4 Å². The quantitative estimate of drug-likeness (QED) is 0.411. The minimum atomic E-state index is -4.47. The molecule has 0 unspecified atom stereocenters. The first kappa shape index (κ1) is 27.1. The molecule has 3 aliphatic rings. The van der Waals surface area contributed by atoms with E-state index in [0.29, 0.717) is 17.7 Å². The van der Waals surface area contributed by atoms with Crippen LogP contribution < -0.4 is 0 Å². The minimum absolute atomic E-state index is 0.0485. The lowest BCUT2D eigenvalue weighted by molar-refractivity contribution is -0.137. The molecule has 36 heavy (non-hydrogen) atoms. The molecule has 2 saturated heterocycles. The molecular formula is C27H37BF3NO4. The lowest BCUT2D eigenvalue weighted by Crippen LogP contribution is -2.41. The highest BCUT2D eigenvalue weighted by atomic mass is 19.4. The maximum absolute atomic E-state index is 13.4. The highest BCUT2D eigenvalue weighted by molar-refractivity contribution is 6.54. The summed E-state index contributed by atoms with van der Waals surface area (Å²) in [6.07, 6.45) is -3.23. The minimum Gasteiger partial charge on any atom is -0.439 e. The molecule has 0 spiro atoms. The van der Waals surface area contributed by atoms with Crippen molar-refractivity contribution >= 4 is 13.2 Å². The number of carbonyl (C=O) groups excluding carboxylic acids is 1. The number of aryl methyl sites for hydroxylation is 1. The molecule has 0 aromatic heterocycles. The maximum Gasteiger partial charge on any atom is 0.490 e. The zero-order chi connectivity index (χ0) is 26.8. The number of allylic oxidation sites excluding steroid dienone is 1. The van der Waals surface area contributed by atoms with E-state index in [4.69, 9.17) is 14.0 Å². The maximum atomic E-state index is 13.4. The molecule has 1 aliphatic carbocycles. The lowest BCUT2D eigenvalue weighted by Gasteiger charge is -2.36. The summed E-state index contributed by atoms with van der Waals surface area (Å²) in [5, 5.41) is 0. The molecule has 1 aromatic rings. The number of amides is 1. The Morgan fingerprint density at radius 3 is 2.25 bits per heavy atom. The molecule has 0 radical (unpaired) electrons. The van der Waals surface area contributed by atoms with Crippen LogP contribution in [0.2, 0.25) is 0 Å². The molecule has 4 rings (SSSR count). The fourth-order valence-corrected chi connectivity index (χ4v) is 5.36. The molecule has 0 N–H and O–H groups in total. The van der Waals surface area contributed by atoms with E-state index in [1.165, 1.54) is 0 Å². The van der Waals surface area contributed by atoms with Crippen LogP contribution in [0.3, 0.4) is 0 Å². The van der Waals surface area contributed by atoms with Gasteiger partial charge >= 0.3 is 19.4 Å².